The maximum absolute atomic E-state index is 12.0. The molecule has 0 saturated heterocycles. The minimum absolute atomic E-state index is 0.268. The summed E-state index contributed by atoms with van der Waals surface area (Å²) in [4.78, 5) is 12.0. The van der Waals surface area contributed by atoms with Crippen molar-refractivity contribution in [3.05, 3.63) is 46.1 Å². The average Bonchev–Trinajstić information content (AvgIpc) is 2.69. The van der Waals surface area contributed by atoms with E-state index in [0.29, 0.717) is 11.1 Å². The van der Waals surface area contributed by atoms with E-state index in [1.807, 2.05) is 12.1 Å². The number of aromatic nitrogens is 2. The minimum Gasteiger partial charge on any atom is -0.304 e. The molecule has 2 rings (SSSR count). The Hall–Kier alpha value is -2.13. The van der Waals surface area contributed by atoms with Gasteiger partial charge in [-0.15, -0.1) is 0 Å². The third-order valence-electron chi connectivity index (χ3n) is 2.27. The zero-order chi connectivity index (χ0) is 13.1. The molecule has 5 nitrogen and oxygen atoms in total. The molecule has 0 aliphatic rings. The summed E-state index contributed by atoms with van der Waals surface area (Å²) in [6, 6.07) is 8.96. The molecular formula is C12H9BrN4O. The number of nitrogens with one attached hydrogen (secondary N) is 1. The topological polar surface area (TPSA) is 70.7 Å². The van der Waals surface area contributed by atoms with E-state index in [0.717, 1.165) is 4.47 Å². The summed E-state index contributed by atoms with van der Waals surface area (Å²) < 4.78 is 2.30. The standard InChI is InChI=1S/C12H9BrN4O/c1-17-7-9(6-14)11(16-17)15-12(18)8-3-2-4-10(13)5-8/h2-5,7H,1H3,(H,15,16,18). The van der Waals surface area contributed by atoms with Crippen LogP contribution in [0.5, 0.6) is 0 Å². The molecule has 1 aromatic carbocycles. The number of anilines is 1. The number of nitrogens with zero attached hydrogens (tertiary/aromatic N) is 3. The van der Waals surface area contributed by atoms with Crippen molar-refractivity contribution in [2.24, 2.45) is 7.05 Å². The van der Waals surface area contributed by atoms with Crippen LogP contribution < -0.4 is 5.32 Å². The lowest BCUT2D eigenvalue weighted by atomic mass is 10.2. The number of benzene rings is 1. The SMILES string of the molecule is Cn1cc(C#N)c(NC(=O)c2cccc(Br)c2)n1. The van der Waals surface area contributed by atoms with Gasteiger partial charge in [0.15, 0.2) is 5.82 Å². The molecular weight excluding hydrogens is 296 g/mol. The maximum Gasteiger partial charge on any atom is 0.256 e. The maximum atomic E-state index is 12.0. The van der Waals surface area contributed by atoms with Gasteiger partial charge in [-0.1, -0.05) is 22.0 Å². The lowest BCUT2D eigenvalue weighted by Crippen LogP contribution is -2.13. The highest BCUT2D eigenvalue weighted by Gasteiger charge is 2.12. The lowest BCUT2D eigenvalue weighted by Gasteiger charge is -2.02. The van der Waals surface area contributed by atoms with Crippen LogP contribution in [-0.2, 0) is 7.05 Å². The Kier molecular flexibility index (Phi) is 3.44. The van der Waals surface area contributed by atoms with E-state index in [4.69, 9.17) is 5.26 Å². The number of halogens is 1. The molecule has 90 valence electrons. The van der Waals surface area contributed by atoms with E-state index in [9.17, 15) is 4.79 Å². The molecule has 0 atom stereocenters. The van der Waals surface area contributed by atoms with Crippen LogP contribution in [0, 0.1) is 11.3 Å². The van der Waals surface area contributed by atoms with Gasteiger partial charge in [-0.3, -0.25) is 9.48 Å². The third kappa shape index (κ3) is 2.57. The van der Waals surface area contributed by atoms with Crippen LogP contribution in [0.25, 0.3) is 0 Å². The molecule has 1 heterocycles. The second-order valence-electron chi connectivity index (χ2n) is 3.64. The van der Waals surface area contributed by atoms with Gasteiger partial charge >= 0.3 is 0 Å². The van der Waals surface area contributed by atoms with Crippen molar-refractivity contribution in [1.82, 2.24) is 9.78 Å². The molecule has 0 fully saturated rings. The van der Waals surface area contributed by atoms with Gasteiger partial charge in [-0.05, 0) is 18.2 Å². The zero-order valence-electron chi connectivity index (χ0n) is 9.51. The first-order valence-electron chi connectivity index (χ1n) is 5.11. The number of rotatable bonds is 2. The van der Waals surface area contributed by atoms with Crippen molar-refractivity contribution in [3.63, 3.8) is 0 Å². The van der Waals surface area contributed by atoms with Crippen molar-refractivity contribution >= 4 is 27.7 Å². The van der Waals surface area contributed by atoms with Gasteiger partial charge in [-0.25, -0.2) is 0 Å². The summed E-state index contributed by atoms with van der Waals surface area (Å²) in [6.45, 7) is 0. The highest BCUT2D eigenvalue weighted by Crippen LogP contribution is 2.15. The Labute approximate surface area is 112 Å². The molecule has 1 amide bonds. The third-order valence-corrected chi connectivity index (χ3v) is 2.76. The molecule has 1 N–H and O–H groups in total. The highest BCUT2D eigenvalue weighted by atomic mass is 79.9. The van der Waals surface area contributed by atoms with Crippen LogP contribution in [0.2, 0.25) is 0 Å². The van der Waals surface area contributed by atoms with Gasteiger partial charge in [-0.2, -0.15) is 10.4 Å². The van der Waals surface area contributed by atoms with E-state index in [1.165, 1.54) is 4.68 Å². The summed E-state index contributed by atoms with van der Waals surface area (Å²) in [5.41, 5.74) is 0.833. The van der Waals surface area contributed by atoms with Crippen LogP contribution in [-0.4, -0.2) is 15.7 Å². The molecule has 0 bridgehead atoms. The minimum atomic E-state index is -0.300. The van der Waals surface area contributed by atoms with Crippen LogP contribution in [0.15, 0.2) is 34.9 Å². The molecule has 0 spiro atoms. The second kappa shape index (κ2) is 5.02. The fourth-order valence-corrected chi connectivity index (χ4v) is 1.87. The molecule has 0 radical (unpaired) electrons. The van der Waals surface area contributed by atoms with Crippen LogP contribution >= 0.6 is 15.9 Å². The molecule has 0 aliphatic carbocycles. The molecule has 2 aromatic rings. The summed E-state index contributed by atoms with van der Waals surface area (Å²) >= 11 is 3.30. The van der Waals surface area contributed by atoms with Gasteiger partial charge in [0.2, 0.25) is 0 Å². The molecule has 18 heavy (non-hydrogen) atoms. The monoisotopic (exact) mass is 304 g/mol. The predicted octanol–water partition coefficient (Wildman–Crippen LogP) is 2.31. The van der Waals surface area contributed by atoms with Gasteiger partial charge < -0.3 is 5.32 Å². The van der Waals surface area contributed by atoms with Crippen LogP contribution in [0.1, 0.15) is 15.9 Å². The molecule has 0 aliphatic heterocycles. The van der Waals surface area contributed by atoms with Gasteiger partial charge in [0.25, 0.3) is 5.91 Å². The fraction of sp³-hybridized carbons (Fsp3) is 0.0833. The number of hydrogen-bond acceptors (Lipinski definition) is 3. The first kappa shape index (κ1) is 12.3. The van der Waals surface area contributed by atoms with E-state index >= 15 is 0 Å². The summed E-state index contributed by atoms with van der Waals surface area (Å²) in [7, 11) is 1.69. The van der Waals surface area contributed by atoms with E-state index in [1.54, 1.807) is 31.4 Å². The Balaban J connectivity index is 2.24. The van der Waals surface area contributed by atoms with Gasteiger partial charge in [0.1, 0.15) is 11.6 Å². The Morgan fingerprint density at radius 1 is 1.56 bits per heavy atom. The summed E-state index contributed by atoms with van der Waals surface area (Å²) in [5, 5.41) is 15.5. The van der Waals surface area contributed by atoms with Crippen molar-refractivity contribution in [1.29, 1.82) is 5.26 Å². The molecule has 0 saturated carbocycles. The van der Waals surface area contributed by atoms with Gasteiger partial charge in [0, 0.05) is 23.3 Å². The summed E-state index contributed by atoms with van der Waals surface area (Å²) in [5.74, 6) is -0.0310. The van der Waals surface area contributed by atoms with Crippen LogP contribution in [0.4, 0.5) is 5.82 Å². The zero-order valence-corrected chi connectivity index (χ0v) is 11.1. The van der Waals surface area contributed by atoms with E-state index < -0.39 is 0 Å². The smallest absolute Gasteiger partial charge is 0.256 e. The van der Waals surface area contributed by atoms with Crippen molar-refractivity contribution in [2.45, 2.75) is 0 Å². The Bertz CT molecular complexity index is 642. The highest BCUT2D eigenvalue weighted by molar-refractivity contribution is 9.10. The average molecular weight is 305 g/mol. The Morgan fingerprint density at radius 2 is 2.33 bits per heavy atom. The van der Waals surface area contributed by atoms with Crippen LogP contribution in [0.3, 0.4) is 0 Å². The first-order chi connectivity index (χ1) is 8.60. The first-order valence-corrected chi connectivity index (χ1v) is 5.90. The molecule has 1 aromatic heterocycles. The van der Waals surface area contributed by atoms with E-state index in [2.05, 4.69) is 26.3 Å². The molecule has 0 unspecified atom stereocenters. The number of carbonyl (C=O) groups excluding carboxylic acids is 1. The molecule has 6 heteroatoms. The second-order valence-corrected chi connectivity index (χ2v) is 4.56. The van der Waals surface area contributed by atoms with Gasteiger partial charge in [0.05, 0.1) is 0 Å². The number of nitriles is 1. The number of aryl methyl sites for hydroxylation is 1. The summed E-state index contributed by atoms with van der Waals surface area (Å²) in [6.07, 6.45) is 1.55. The quantitative estimate of drug-likeness (QED) is 0.925. The van der Waals surface area contributed by atoms with E-state index in [-0.39, 0.29) is 11.7 Å². The number of hydrogen-bond donors (Lipinski definition) is 1. The lowest BCUT2D eigenvalue weighted by molar-refractivity contribution is 0.102. The largest absolute Gasteiger partial charge is 0.304 e. The van der Waals surface area contributed by atoms with Crippen molar-refractivity contribution < 1.29 is 4.79 Å². The van der Waals surface area contributed by atoms with Crippen molar-refractivity contribution in [3.8, 4) is 6.07 Å². The number of carbonyl (C=O) groups is 1. The normalized spacial score (nSPS) is 9.83. The predicted molar refractivity (Wildman–Crippen MR) is 70.0 cm³/mol. The number of amides is 1. The fourth-order valence-electron chi connectivity index (χ4n) is 1.47. The van der Waals surface area contributed by atoms with Crippen molar-refractivity contribution in [2.75, 3.05) is 5.32 Å². The Morgan fingerprint density at radius 3 is 3.00 bits per heavy atom.